The van der Waals surface area contributed by atoms with E-state index in [1.165, 1.54) is 19.3 Å². The van der Waals surface area contributed by atoms with Gasteiger partial charge in [0.2, 0.25) is 0 Å². The fourth-order valence-corrected chi connectivity index (χ4v) is 2.83. The maximum atomic E-state index is 12.1. The van der Waals surface area contributed by atoms with Crippen LogP contribution < -0.4 is 5.32 Å². The molecule has 0 saturated heterocycles. The Morgan fingerprint density at radius 2 is 2.00 bits per heavy atom. The summed E-state index contributed by atoms with van der Waals surface area (Å²) in [6, 6.07) is 7.54. The predicted octanol–water partition coefficient (Wildman–Crippen LogP) is 3.90. The molecule has 1 aliphatic carbocycles. The van der Waals surface area contributed by atoms with Crippen molar-refractivity contribution in [3.8, 4) is 0 Å². The molecule has 1 saturated carbocycles. The number of amides is 1. The van der Waals surface area contributed by atoms with Crippen molar-refractivity contribution < 1.29 is 4.79 Å². The van der Waals surface area contributed by atoms with Gasteiger partial charge in [0.25, 0.3) is 5.91 Å². The Kier molecular flexibility index (Phi) is 3.87. The van der Waals surface area contributed by atoms with E-state index in [1.54, 1.807) is 0 Å². The van der Waals surface area contributed by atoms with E-state index in [9.17, 15) is 4.79 Å². The highest BCUT2D eigenvalue weighted by atomic mass is 79.9. The molecule has 2 nitrogen and oxygen atoms in total. The number of hydrogen-bond acceptors (Lipinski definition) is 1. The third-order valence-corrected chi connectivity index (χ3v) is 3.95. The lowest BCUT2D eigenvalue weighted by Crippen LogP contribution is -2.47. The molecule has 0 heterocycles. The summed E-state index contributed by atoms with van der Waals surface area (Å²) in [5.74, 6) is 0.0377. The van der Waals surface area contributed by atoms with Crippen molar-refractivity contribution >= 4 is 21.8 Å². The first kappa shape index (κ1) is 12.6. The van der Waals surface area contributed by atoms with Crippen molar-refractivity contribution in [2.24, 2.45) is 0 Å². The number of carbonyl (C=O) groups is 1. The van der Waals surface area contributed by atoms with Crippen LogP contribution in [-0.4, -0.2) is 11.4 Å². The Labute approximate surface area is 111 Å². The molecule has 3 heteroatoms. The second-order valence-corrected chi connectivity index (χ2v) is 6.00. The molecule has 1 aromatic rings. The fourth-order valence-electron chi connectivity index (χ4n) is 2.43. The molecule has 0 aromatic heterocycles. The largest absolute Gasteiger partial charge is 0.347 e. The molecular weight excluding hydrogens is 278 g/mol. The number of rotatable bonds is 2. The zero-order valence-electron chi connectivity index (χ0n) is 10.1. The standard InChI is InChI=1S/C14H18BrNO/c1-14(8-3-2-4-9-14)16-13(17)11-6-5-7-12(15)10-11/h5-7,10H,2-4,8-9H2,1H3,(H,16,17). The molecule has 17 heavy (non-hydrogen) atoms. The highest BCUT2D eigenvalue weighted by Gasteiger charge is 2.28. The van der Waals surface area contributed by atoms with Crippen molar-refractivity contribution in [2.75, 3.05) is 0 Å². The molecule has 92 valence electrons. The zero-order chi connectivity index (χ0) is 12.3. The van der Waals surface area contributed by atoms with Crippen molar-refractivity contribution in [1.82, 2.24) is 5.32 Å². The summed E-state index contributed by atoms with van der Waals surface area (Å²) in [6.45, 7) is 2.15. The fraction of sp³-hybridized carbons (Fsp3) is 0.500. The molecule has 0 atom stereocenters. The maximum Gasteiger partial charge on any atom is 0.251 e. The van der Waals surface area contributed by atoms with Crippen LogP contribution in [0.3, 0.4) is 0 Å². The Morgan fingerprint density at radius 1 is 1.29 bits per heavy atom. The van der Waals surface area contributed by atoms with Crippen molar-refractivity contribution in [3.05, 3.63) is 34.3 Å². The van der Waals surface area contributed by atoms with E-state index in [4.69, 9.17) is 0 Å². The van der Waals surface area contributed by atoms with Crippen LogP contribution in [0.2, 0.25) is 0 Å². The van der Waals surface area contributed by atoms with E-state index in [0.717, 1.165) is 22.9 Å². The van der Waals surface area contributed by atoms with Crippen LogP contribution >= 0.6 is 15.9 Å². The molecule has 1 aliphatic rings. The van der Waals surface area contributed by atoms with Gasteiger partial charge in [0.15, 0.2) is 0 Å². The van der Waals surface area contributed by atoms with Crippen LogP contribution in [0.25, 0.3) is 0 Å². The van der Waals surface area contributed by atoms with Gasteiger partial charge in [-0.15, -0.1) is 0 Å². The van der Waals surface area contributed by atoms with Crippen LogP contribution in [0, 0.1) is 0 Å². The molecule has 1 N–H and O–H groups in total. The summed E-state index contributed by atoms with van der Waals surface area (Å²) < 4.78 is 0.943. The third kappa shape index (κ3) is 3.32. The van der Waals surface area contributed by atoms with Crippen molar-refractivity contribution in [1.29, 1.82) is 0 Å². The lowest BCUT2D eigenvalue weighted by Gasteiger charge is -2.34. The van der Waals surface area contributed by atoms with Gasteiger partial charge in [-0.05, 0) is 38.0 Å². The Balaban J connectivity index is 2.06. The van der Waals surface area contributed by atoms with Crippen LogP contribution in [0.5, 0.6) is 0 Å². The van der Waals surface area contributed by atoms with Gasteiger partial charge in [-0.3, -0.25) is 4.79 Å². The highest BCUT2D eigenvalue weighted by molar-refractivity contribution is 9.10. The normalized spacial score (nSPS) is 18.7. The average molecular weight is 296 g/mol. The molecule has 0 spiro atoms. The lowest BCUT2D eigenvalue weighted by atomic mass is 9.83. The summed E-state index contributed by atoms with van der Waals surface area (Å²) in [5, 5.41) is 3.18. The van der Waals surface area contributed by atoms with E-state index in [1.807, 2.05) is 24.3 Å². The van der Waals surface area contributed by atoms with E-state index < -0.39 is 0 Å². The van der Waals surface area contributed by atoms with Crippen LogP contribution in [0.1, 0.15) is 49.4 Å². The molecule has 0 bridgehead atoms. The van der Waals surface area contributed by atoms with Gasteiger partial charge in [-0.1, -0.05) is 41.3 Å². The minimum Gasteiger partial charge on any atom is -0.347 e. The number of benzene rings is 1. The van der Waals surface area contributed by atoms with E-state index in [2.05, 4.69) is 28.2 Å². The molecule has 0 radical (unpaired) electrons. The summed E-state index contributed by atoms with van der Waals surface area (Å²) >= 11 is 3.39. The number of carbonyl (C=O) groups excluding carboxylic acids is 1. The predicted molar refractivity (Wildman–Crippen MR) is 73.1 cm³/mol. The first-order valence-corrected chi connectivity index (χ1v) is 6.96. The number of halogens is 1. The van der Waals surface area contributed by atoms with Crippen LogP contribution in [-0.2, 0) is 0 Å². The van der Waals surface area contributed by atoms with Gasteiger partial charge in [0.1, 0.15) is 0 Å². The summed E-state index contributed by atoms with van der Waals surface area (Å²) in [5.41, 5.74) is 0.712. The molecule has 0 aliphatic heterocycles. The van der Waals surface area contributed by atoms with Crippen LogP contribution in [0.15, 0.2) is 28.7 Å². The van der Waals surface area contributed by atoms with Crippen molar-refractivity contribution in [3.63, 3.8) is 0 Å². The summed E-state index contributed by atoms with van der Waals surface area (Å²) in [4.78, 5) is 12.1. The Morgan fingerprint density at radius 3 is 2.65 bits per heavy atom. The maximum absolute atomic E-state index is 12.1. The van der Waals surface area contributed by atoms with E-state index >= 15 is 0 Å². The second kappa shape index (κ2) is 5.21. The minimum absolute atomic E-state index is 0.0162. The lowest BCUT2D eigenvalue weighted by molar-refractivity contribution is 0.0882. The van der Waals surface area contributed by atoms with Gasteiger partial charge >= 0.3 is 0 Å². The molecular formula is C14H18BrNO. The average Bonchev–Trinajstić information content (AvgIpc) is 2.29. The smallest absolute Gasteiger partial charge is 0.251 e. The summed E-state index contributed by atoms with van der Waals surface area (Å²) in [7, 11) is 0. The minimum atomic E-state index is -0.0162. The molecule has 1 fully saturated rings. The topological polar surface area (TPSA) is 29.1 Å². The van der Waals surface area contributed by atoms with Gasteiger partial charge in [0.05, 0.1) is 0 Å². The number of nitrogens with one attached hydrogen (secondary N) is 1. The Hall–Kier alpha value is -0.830. The van der Waals surface area contributed by atoms with Crippen LogP contribution in [0.4, 0.5) is 0 Å². The zero-order valence-corrected chi connectivity index (χ0v) is 11.7. The van der Waals surface area contributed by atoms with Gasteiger partial charge in [-0.25, -0.2) is 0 Å². The first-order chi connectivity index (χ1) is 8.09. The monoisotopic (exact) mass is 295 g/mol. The first-order valence-electron chi connectivity index (χ1n) is 6.17. The summed E-state index contributed by atoms with van der Waals surface area (Å²) in [6.07, 6.45) is 5.91. The molecule has 2 rings (SSSR count). The quantitative estimate of drug-likeness (QED) is 0.881. The van der Waals surface area contributed by atoms with Gasteiger partial charge < -0.3 is 5.32 Å². The number of hydrogen-bond donors (Lipinski definition) is 1. The van der Waals surface area contributed by atoms with E-state index in [-0.39, 0.29) is 11.4 Å². The molecule has 1 aromatic carbocycles. The van der Waals surface area contributed by atoms with Crippen molar-refractivity contribution in [2.45, 2.75) is 44.6 Å². The third-order valence-electron chi connectivity index (χ3n) is 3.46. The highest BCUT2D eigenvalue weighted by Crippen LogP contribution is 2.28. The Bertz CT molecular complexity index is 410. The second-order valence-electron chi connectivity index (χ2n) is 5.09. The van der Waals surface area contributed by atoms with Gasteiger partial charge in [0, 0.05) is 15.6 Å². The SMILES string of the molecule is CC1(NC(=O)c2cccc(Br)c2)CCCCC1. The molecule has 0 unspecified atom stereocenters. The molecule has 1 amide bonds. The van der Waals surface area contributed by atoms with E-state index in [0.29, 0.717) is 0 Å². The van der Waals surface area contributed by atoms with Gasteiger partial charge in [-0.2, -0.15) is 0 Å².